The van der Waals surface area contributed by atoms with Crippen molar-refractivity contribution in [3.8, 4) is 5.69 Å². The molecule has 0 atom stereocenters. The minimum Gasteiger partial charge on any atom is -0.381 e. The van der Waals surface area contributed by atoms with Gasteiger partial charge < -0.3 is 10.6 Å². The van der Waals surface area contributed by atoms with Crippen LogP contribution in [-0.2, 0) is 0 Å². The lowest BCUT2D eigenvalue weighted by molar-refractivity contribution is 0.462. The van der Waals surface area contributed by atoms with Gasteiger partial charge in [-0.3, -0.25) is 9.36 Å². The molecule has 0 spiro atoms. The first-order valence-electron chi connectivity index (χ1n) is 11.4. The summed E-state index contributed by atoms with van der Waals surface area (Å²) in [7, 11) is 0. The van der Waals surface area contributed by atoms with Crippen LogP contribution in [0.2, 0.25) is 0 Å². The van der Waals surface area contributed by atoms with Crippen molar-refractivity contribution in [2.75, 3.05) is 10.6 Å². The fraction of sp³-hybridized carbons (Fsp3) is 0.259. The molecule has 0 radical (unpaired) electrons. The first kappa shape index (κ1) is 20.3. The molecule has 1 fully saturated rings. The third-order valence-corrected chi connectivity index (χ3v) is 6.20. The number of pyridine rings is 2. The van der Waals surface area contributed by atoms with Crippen LogP contribution in [0.3, 0.4) is 0 Å². The van der Waals surface area contributed by atoms with Gasteiger partial charge in [0.1, 0.15) is 11.5 Å². The van der Waals surface area contributed by atoms with Gasteiger partial charge in [0.25, 0.3) is 0 Å². The molecule has 2 aromatic carbocycles. The predicted molar refractivity (Wildman–Crippen MR) is 132 cm³/mol. The Morgan fingerprint density at radius 3 is 2.31 bits per heavy atom. The Balaban J connectivity index is 1.66. The lowest BCUT2D eigenvalue weighted by Crippen LogP contribution is -2.23. The Labute approximate surface area is 188 Å². The molecular formula is C27H28N4O. The molecule has 2 N–H and O–H groups in total. The van der Waals surface area contributed by atoms with Gasteiger partial charge in [-0.25, -0.2) is 4.98 Å². The van der Waals surface area contributed by atoms with Gasteiger partial charge in [-0.1, -0.05) is 55.7 Å². The van der Waals surface area contributed by atoms with Gasteiger partial charge in [0.05, 0.1) is 16.8 Å². The Hall–Kier alpha value is -3.60. The molecule has 1 aliphatic rings. The summed E-state index contributed by atoms with van der Waals surface area (Å²) in [5.41, 5.74) is 4.37. The molecule has 0 amide bonds. The standard InChI is InChI=1S/C27H28N4O/c1-19-24(29-20-11-5-2-6-12-20)17-23-25(32)18-26(30-21-13-7-3-8-14-21)31(27(23)28-19)22-15-9-4-10-16-22/h3-4,7-10,13-18,20,29-30H,2,5-6,11-12H2,1H3. The van der Waals surface area contributed by atoms with E-state index in [0.29, 0.717) is 22.9 Å². The first-order valence-corrected chi connectivity index (χ1v) is 11.4. The third-order valence-electron chi connectivity index (χ3n) is 6.20. The summed E-state index contributed by atoms with van der Waals surface area (Å²) < 4.78 is 2.03. The molecule has 162 valence electrons. The second-order valence-electron chi connectivity index (χ2n) is 8.53. The number of hydrogen-bond donors (Lipinski definition) is 2. The summed E-state index contributed by atoms with van der Waals surface area (Å²) in [6.07, 6.45) is 6.17. The minimum atomic E-state index is -0.0372. The van der Waals surface area contributed by atoms with Crippen LogP contribution in [0.25, 0.3) is 16.7 Å². The SMILES string of the molecule is Cc1nc2c(cc1NC1CCCCC1)c(=O)cc(Nc1ccccc1)n2-c1ccccc1. The normalized spacial score (nSPS) is 14.4. The summed E-state index contributed by atoms with van der Waals surface area (Å²) in [5.74, 6) is 0.694. The topological polar surface area (TPSA) is 59.0 Å². The Morgan fingerprint density at radius 1 is 0.906 bits per heavy atom. The molecule has 4 aromatic rings. The van der Waals surface area contributed by atoms with Crippen LogP contribution >= 0.6 is 0 Å². The number of aromatic nitrogens is 2. The smallest absolute Gasteiger partial charge is 0.193 e. The van der Waals surface area contributed by atoms with E-state index in [-0.39, 0.29) is 5.43 Å². The highest BCUT2D eigenvalue weighted by molar-refractivity contribution is 5.84. The van der Waals surface area contributed by atoms with Crippen molar-refractivity contribution >= 4 is 28.2 Å². The lowest BCUT2D eigenvalue weighted by Gasteiger charge is -2.25. The molecule has 1 saturated carbocycles. The van der Waals surface area contributed by atoms with Crippen LogP contribution in [-0.4, -0.2) is 15.6 Å². The van der Waals surface area contributed by atoms with Crippen molar-refractivity contribution in [1.82, 2.24) is 9.55 Å². The summed E-state index contributed by atoms with van der Waals surface area (Å²) >= 11 is 0. The predicted octanol–water partition coefficient (Wildman–Crippen LogP) is 6.18. The van der Waals surface area contributed by atoms with Crippen LogP contribution < -0.4 is 16.1 Å². The molecular weight excluding hydrogens is 396 g/mol. The average molecular weight is 425 g/mol. The number of rotatable bonds is 5. The molecule has 5 nitrogen and oxygen atoms in total. The number of benzene rings is 2. The van der Waals surface area contributed by atoms with Gasteiger partial charge in [-0.05, 0) is 50.1 Å². The van der Waals surface area contributed by atoms with Crippen molar-refractivity contribution in [2.45, 2.75) is 45.1 Å². The molecule has 32 heavy (non-hydrogen) atoms. The van der Waals surface area contributed by atoms with Crippen molar-refractivity contribution in [3.63, 3.8) is 0 Å². The summed E-state index contributed by atoms with van der Waals surface area (Å²) in [6, 6.07) is 24.1. The molecule has 5 heteroatoms. The van der Waals surface area contributed by atoms with Gasteiger partial charge in [0.15, 0.2) is 5.43 Å². The first-order chi connectivity index (χ1) is 15.7. The number of anilines is 3. The largest absolute Gasteiger partial charge is 0.381 e. The van der Waals surface area contributed by atoms with Gasteiger partial charge in [-0.15, -0.1) is 0 Å². The molecule has 0 saturated heterocycles. The zero-order chi connectivity index (χ0) is 21.9. The highest BCUT2D eigenvalue weighted by Gasteiger charge is 2.18. The van der Waals surface area contributed by atoms with Crippen molar-refractivity contribution in [1.29, 1.82) is 0 Å². The number of aryl methyl sites for hydroxylation is 1. The third kappa shape index (κ3) is 4.11. The van der Waals surface area contributed by atoms with Crippen LogP contribution in [0.4, 0.5) is 17.2 Å². The number of nitrogens with zero attached hydrogens (tertiary/aromatic N) is 2. The van der Waals surface area contributed by atoms with E-state index in [4.69, 9.17) is 4.98 Å². The molecule has 2 aromatic heterocycles. The van der Waals surface area contributed by atoms with Gasteiger partial charge >= 0.3 is 0 Å². The second kappa shape index (κ2) is 8.87. The average Bonchev–Trinajstić information content (AvgIpc) is 2.82. The van der Waals surface area contributed by atoms with E-state index >= 15 is 0 Å². The highest BCUT2D eigenvalue weighted by Crippen LogP contribution is 2.28. The zero-order valence-corrected chi connectivity index (χ0v) is 18.3. The molecule has 0 unspecified atom stereocenters. The Morgan fingerprint density at radius 2 is 1.59 bits per heavy atom. The van der Waals surface area contributed by atoms with Crippen LogP contribution in [0, 0.1) is 6.92 Å². The summed E-state index contributed by atoms with van der Waals surface area (Å²) in [6.45, 7) is 2.02. The Bertz CT molecular complexity index is 1280. The van der Waals surface area contributed by atoms with Gasteiger partial charge in [-0.2, -0.15) is 0 Å². The maximum atomic E-state index is 13.2. The molecule has 1 aliphatic carbocycles. The quantitative estimate of drug-likeness (QED) is 0.401. The van der Waals surface area contributed by atoms with Crippen LogP contribution in [0.1, 0.15) is 37.8 Å². The number of para-hydroxylation sites is 2. The van der Waals surface area contributed by atoms with E-state index < -0.39 is 0 Å². The van der Waals surface area contributed by atoms with Crippen molar-refractivity contribution < 1.29 is 0 Å². The highest BCUT2D eigenvalue weighted by atomic mass is 16.1. The fourth-order valence-electron chi connectivity index (χ4n) is 4.54. The fourth-order valence-corrected chi connectivity index (χ4v) is 4.54. The van der Waals surface area contributed by atoms with Crippen molar-refractivity contribution in [2.24, 2.45) is 0 Å². The van der Waals surface area contributed by atoms with Gasteiger partial charge in [0, 0.05) is 23.5 Å². The lowest BCUT2D eigenvalue weighted by atomic mass is 9.95. The maximum absolute atomic E-state index is 13.2. The Kier molecular flexibility index (Phi) is 5.63. The van der Waals surface area contributed by atoms with Crippen LogP contribution in [0.5, 0.6) is 0 Å². The van der Waals surface area contributed by atoms with E-state index in [9.17, 15) is 4.79 Å². The molecule has 0 aliphatic heterocycles. The number of fused-ring (bicyclic) bond motifs is 1. The van der Waals surface area contributed by atoms with E-state index in [2.05, 4.69) is 10.6 Å². The molecule has 0 bridgehead atoms. The monoisotopic (exact) mass is 424 g/mol. The molecule has 2 heterocycles. The minimum absolute atomic E-state index is 0.0372. The zero-order valence-electron chi connectivity index (χ0n) is 18.3. The number of nitrogens with one attached hydrogen (secondary N) is 2. The van der Waals surface area contributed by atoms with E-state index in [1.165, 1.54) is 32.1 Å². The van der Waals surface area contributed by atoms with Gasteiger partial charge in [0.2, 0.25) is 0 Å². The summed E-state index contributed by atoms with van der Waals surface area (Å²) in [5, 5.41) is 7.69. The van der Waals surface area contributed by atoms with E-state index in [1.807, 2.05) is 78.2 Å². The number of hydrogen-bond acceptors (Lipinski definition) is 4. The van der Waals surface area contributed by atoms with E-state index in [0.717, 1.165) is 22.8 Å². The molecule has 5 rings (SSSR count). The summed E-state index contributed by atoms with van der Waals surface area (Å²) in [4.78, 5) is 18.1. The van der Waals surface area contributed by atoms with E-state index in [1.54, 1.807) is 6.07 Å². The van der Waals surface area contributed by atoms with Crippen molar-refractivity contribution in [3.05, 3.63) is 88.7 Å². The second-order valence-corrected chi connectivity index (χ2v) is 8.53. The maximum Gasteiger partial charge on any atom is 0.193 e. The van der Waals surface area contributed by atoms with Crippen LogP contribution in [0.15, 0.2) is 77.6 Å².